The van der Waals surface area contributed by atoms with Crippen LogP contribution in [0.25, 0.3) is 0 Å². The molecule has 1 fully saturated rings. The summed E-state index contributed by atoms with van der Waals surface area (Å²) in [4.78, 5) is 0.351. The van der Waals surface area contributed by atoms with E-state index in [4.69, 9.17) is 11.6 Å². The van der Waals surface area contributed by atoms with Crippen LogP contribution in [0.3, 0.4) is 0 Å². The van der Waals surface area contributed by atoms with Gasteiger partial charge in [0.15, 0.2) is 9.84 Å². The summed E-state index contributed by atoms with van der Waals surface area (Å²) in [5.41, 5.74) is 0.943. The van der Waals surface area contributed by atoms with E-state index in [1.165, 1.54) is 19.1 Å². The molecular weight excluding hydrogens is 270 g/mol. The second-order valence-corrected chi connectivity index (χ2v) is 7.46. The van der Waals surface area contributed by atoms with Gasteiger partial charge in [-0.1, -0.05) is 6.42 Å². The molecule has 0 amide bonds. The molecule has 1 N–H and O–H groups in total. The van der Waals surface area contributed by atoms with Crippen molar-refractivity contribution in [2.45, 2.75) is 29.5 Å². The smallest absolute Gasteiger partial charge is 0.175 e. The Morgan fingerprint density at radius 3 is 2.44 bits per heavy atom. The van der Waals surface area contributed by atoms with Crippen LogP contribution in [0.4, 0.5) is 5.69 Å². The van der Waals surface area contributed by atoms with Crippen LogP contribution in [-0.4, -0.2) is 26.6 Å². The number of anilines is 1. The molecule has 2 unspecified atom stereocenters. The lowest BCUT2D eigenvalue weighted by Crippen LogP contribution is -2.18. The molecule has 0 aromatic heterocycles. The molecule has 1 aliphatic carbocycles. The average molecular weight is 288 g/mol. The van der Waals surface area contributed by atoms with Crippen molar-refractivity contribution in [3.05, 3.63) is 24.3 Å². The van der Waals surface area contributed by atoms with E-state index in [0.717, 1.165) is 18.7 Å². The minimum Gasteiger partial charge on any atom is -0.385 e. The maximum Gasteiger partial charge on any atom is 0.175 e. The summed E-state index contributed by atoms with van der Waals surface area (Å²) < 4.78 is 22.6. The molecule has 3 nitrogen and oxygen atoms in total. The Kier molecular flexibility index (Phi) is 4.17. The van der Waals surface area contributed by atoms with Crippen molar-refractivity contribution in [1.82, 2.24) is 0 Å². The Balaban J connectivity index is 1.94. The Morgan fingerprint density at radius 2 is 1.94 bits per heavy atom. The Bertz CT molecular complexity index is 498. The molecule has 1 saturated carbocycles. The van der Waals surface area contributed by atoms with Gasteiger partial charge in [0.05, 0.1) is 4.90 Å². The highest BCUT2D eigenvalue weighted by molar-refractivity contribution is 7.90. The normalized spacial score (nSPS) is 24.1. The van der Waals surface area contributed by atoms with Crippen LogP contribution in [0.15, 0.2) is 29.2 Å². The van der Waals surface area contributed by atoms with Gasteiger partial charge in [0.1, 0.15) is 0 Å². The fraction of sp³-hybridized carbons (Fsp3) is 0.538. The monoisotopic (exact) mass is 287 g/mol. The molecule has 18 heavy (non-hydrogen) atoms. The Hall–Kier alpha value is -0.740. The highest BCUT2D eigenvalue weighted by atomic mass is 35.5. The largest absolute Gasteiger partial charge is 0.385 e. The van der Waals surface area contributed by atoms with Gasteiger partial charge in [-0.2, -0.15) is 0 Å². The predicted molar refractivity (Wildman–Crippen MR) is 75.0 cm³/mol. The first-order valence-corrected chi connectivity index (χ1v) is 8.47. The van der Waals surface area contributed by atoms with Crippen LogP contribution < -0.4 is 5.32 Å². The first-order valence-electron chi connectivity index (χ1n) is 6.15. The van der Waals surface area contributed by atoms with Gasteiger partial charge >= 0.3 is 0 Å². The molecule has 0 heterocycles. The lowest BCUT2D eigenvalue weighted by molar-refractivity contribution is 0.586. The van der Waals surface area contributed by atoms with E-state index in [0.29, 0.717) is 10.8 Å². The number of benzene rings is 1. The predicted octanol–water partition coefficient (Wildman–Crippen LogP) is 2.91. The number of alkyl halides is 1. The summed E-state index contributed by atoms with van der Waals surface area (Å²) in [7, 11) is -3.11. The quantitative estimate of drug-likeness (QED) is 0.866. The van der Waals surface area contributed by atoms with Crippen LogP contribution in [0.2, 0.25) is 0 Å². The molecule has 0 spiro atoms. The van der Waals surface area contributed by atoms with E-state index < -0.39 is 9.84 Å². The Labute approximate surface area is 113 Å². The highest BCUT2D eigenvalue weighted by Gasteiger charge is 2.24. The zero-order valence-electron chi connectivity index (χ0n) is 10.4. The van der Waals surface area contributed by atoms with Crippen LogP contribution in [0.5, 0.6) is 0 Å². The van der Waals surface area contributed by atoms with Crippen LogP contribution in [0.1, 0.15) is 19.3 Å². The van der Waals surface area contributed by atoms with Crippen LogP contribution in [0, 0.1) is 5.92 Å². The van der Waals surface area contributed by atoms with Gasteiger partial charge in [-0.15, -0.1) is 11.6 Å². The van der Waals surface area contributed by atoms with Gasteiger partial charge in [0, 0.05) is 23.9 Å². The zero-order valence-corrected chi connectivity index (χ0v) is 12.0. The third kappa shape index (κ3) is 3.39. The molecule has 0 bridgehead atoms. The fourth-order valence-electron chi connectivity index (χ4n) is 2.29. The molecule has 2 atom stereocenters. The van der Waals surface area contributed by atoms with Gasteiger partial charge in [0.2, 0.25) is 0 Å². The Morgan fingerprint density at radius 1 is 1.28 bits per heavy atom. The second-order valence-electron chi connectivity index (χ2n) is 4.88. The van der Waals surface area contributed by atoms with Gasteiger partial charge in [-0.05, 0) is 43.0 Å². The lowest BCUT2D eigenvalue weighted by atomic mass is 10.1. The average Bonchev–Trinajstić information content (AvgIpc) is 2.72. The summed E-state index contributed by atoms with van der Waals surface area (Å²) in [5, 5.41) is 3.59. The molecule has 2 rings (SSSR count). The van der Waals surface area contributed by atoms with Crippen molar-refractivity contribution in [3.63, 3.8) is 0 Å². The minimum absolute atomic E-state index is 0.271. The first-order chi connectivity index (χ1) is 8.47. The third-order valence-corrected chi connectivity index (χ3v) is 5.12. The number of rotatable bonds is 4. The summed E-state index contributed by atoms with van der Waals surface area (Å²) >= 11 is 6.21. The number of halogens is 1. The van der Waals surface area contributed by atoms with Gasteiger partial charge in [-0.3, -0.25) is 0 Å². The first kappa shape index (κ1) is 13.7. The SMILES string of the molecule is CS(=O)(=O)c1ccc(NCC2CCCC2Cl)cc1. The van der Waals surface area contributed by atoms with Crippen LogP contribution >= 0.6 is 11.6 Å². The summed E-state index contributed by atoms with van der Waals surface area (Å²) in [5.74, 6) is 0.515. The molecule has 1 aromatic carbocycles. The van der Waals surface area contributed by atoms with Crippen molar-refractivity contribution >= 4 is 27.1 Å². The van der Waals surface area contributed by atoms with E-state index in [1.807, 2.05) is 0 Å². The molecule has 0 radical (unpaired) electrons. The molecule has 1 aromatic rings. The van der Waals surface area contributed by atoms with Crippen molar-refractivity contribution in [3.8, 4) is 0 Å². The third-order valence-electron chi connectivity index (χ3n) is 3.42. The molecule has 0 aliphatic heterocycles. The summed E-state index contributed by atoms with van der Waals surface area (Å²) in [6.07, 6.45) is 4.68. The molecular formula is C13H18ClNO2S. The van der Waals surface area contributed by atoms with E-state index in [2.05, 4.69) is 5.32 Å². The number of hydrogen-bond acceptors (Lipinski definition) is 3. The molecule has 0 saturated heterocycles. The van der Waals surface area contributed by atoms with Gasteiger partial charge in [-0.25, -0.2) is 8.42 Å². The summed E-state index contributed by atoms with van der Waals surface area (Å²) in [6.45, 7) is 0.854. The van der Waals surface area contributed by atoms with Crippen molar-refractivity contribution < 1.29 is 8.42 Å². The minimum atomic E-state index is -3.11. The topological polar surface area (TPSA) is 46.2 Å². The zero-order chi connectivity index (χ0) is 13.2. The highest BCUT2D eigenvalue weighted by Crippen LogP contribution is 2.30. The standard InChI is InChI=1S/C13H18ClNO2S/c1-18(16,17)12-7-5-11(6-8-12)15-9-10-3-2-4-13(10)14/h5-8,10,13,15H,2-4,9H2,1H3. The summed E-state index contributed by atoms with van der Waals surface area (Å²) in [6, 6.07) is 6.86. The maximum absolute atomic E-state index is 11.3. The van der Waals surface area contributed by atoms with E-state index in [-0.39, 0.29) is 5.38 Å². The second kappa shape index (κ2) is 5.49. The van der Waals surface area contributed by atoms with E-state index >= 15 is 0 Å². The molecule has 5 heteroatoms. The maximum atomic E-state index is 11.3. The number of hydrogen-bond donors (Lipinski definition) is 1. The fourth-order valence-corrected chi connectivity index (χ4v) is 3.29. The number of nitrogens with one attached hydrogen (secondary N) is 1. The molecule has 1 aliphatic rings. The van der Waals surface area contributed by atoms with Crippen LogP contribution in [-0.2, 0) is 9.84 Å². The lowest BCUT2D eigenvalue weighted by Gasteiger charge is -2.15. The van der Waals surface area contributed by atoms with E-state index in [9.17, 15) is 8.42 Å². The van der Waals surface area contributed by atoms with Gasteiger partial charge < -0.3 is 5.32 Å². The number of sulfone groups is 1. The van der Waals surface area contributed by atoms with Crippen molar-refractivity contribution in [1.29, 1.82) is 0 Å². The van der Waals surface area contributed by atoms with E-state index in [1.54, 1.807) is 24.3 Å². The van der Waals surface area contributed by atoms with Crippen molar-refractivity contribution in [2.24, 2.45) is 5.92 Å². The van der Waals surface area contributed by atoms with Gasteiger partial charge in [0.25, 0.3) is 0 Å². The molecule has 100 valence electrons. The van der Waals surface area contributed by atoms with Crippen molar-refractivity contribution in [2.75, 3.05) is 18.1 Å².